The van der Waals surface area contributed by atoms with Gasteiger partial charge >= 0.3 is 12.2 Å². The fourth-order valence-corrected chi connectivity index (χ4v) is 14.6. The van der Waals surface area contributed by atoms with E-state index in [-0.39, 0.29) is 70.7 Å². The molecule has 0 aliphatic carbocycles. The molecule has 6 fully saturated rings. The average molecular weight is 1170 g/mol. The van der Waals surface area contributed by atoms with Crippen molar-refractivity contribution in [1.29, 1.82) is 0 Å². The van der Waals surface area contributed by atoms with E-state index in [4.69, 9.17) is 19.4 Å². The zero-order chi connectivity index (χ0) is 58.7. The SMILES string of the molecule is CN(C(=O)O)[C@H](C(=O)N1CCC[C@H]1c1nc2cc([C@H]3CC[C@H](c4cc5nc([C@@H]6CCCN6C(=O)[C@H](C6CCOCC6)N(C)C(=O)O)[nH]c5cc4F)N3c3cc(F)c(N4CCC(c5ccc(F)cc5)CC4)c(F)c3)c(F)cc2[nH]1)C1CCOCC1. The van der Waals surface area contributed by atoms with Crippen LogP contribution in [-0.4, -0.2) is 153 Å². The van der Waals surface area contributed by atoms with Crippen LogP contribution in [0.1, 0.15) is 135 Å². The summed E-state index contributed by atoms with van der Waals surface area (Å²) >= 11 is 0. The molecule has 2 aromatic heterocycles. The number of halogens is 5. The van der Waals surface area contributed by atoms with Gasteiger partial charge in [0.15, 0.2) is 11.6 Å². The van der Waals surface area contributed by atoms with E-state index < -0.39 is 71.7 Å². The number of aromatic nitrogens is 4. The smallest absolute Gasteiger partial charge is 0.407 e. The largest absolute Gasteiger partial charge is 0.465 e. The molecule has 8 heterocycles. The highest BCUT2D eigenvalue weighted by Gasteiger charge is 2.46. The van der Waals surface area contributed by atoms with Gasteiger partial charge in [0.1, 0.15) is 46.9 Å². The number of imidazole rings is 2. The second-order valence-corrected chi connectivity index (χ2v) is 23.6. The van der Waals surface area contributed by atoms with Crippen LogP contribution in [-0.2, 0) is 19.1 Å². The molecule has 6 aromatic rings. The van der Waals surface area contributed by atoms with Crippen LogP contribution < -0.4 is 9.80 Å². The zero-order valence-corrected chi connectivity index (χ0v) is 46.9. The molecule has 446 valence electrons. The minimum Gasteiger partial charge on any atom is -0.465 e. The van der Waals surface area contributed by atoms with E-state index in [0.717, 1.165) is 15.4 Å². The lowest BCUT2D eigenvalue weighted by atomic mass is 9.89. The third-order valence-electron chi connectivity index (χ3n) is 18.9. The van der Waals surface area contributed by atoms with Crippen molar-refractivity contribution in [3.05, 3.63) is 118 Å². The third kappa shape index (κ3) is 10.7. The van der Waals surface area contributed by atoms with E-state index in [1.54, 1.807) is 43.9 Å². The number of hydrogen-bond donors (Lipinski definition) is 4. The lowest BCUT2D eigenvalue weighted by Crippen LogP contribution is -2.53. The topological polar surface area (TPSA) is 204 Å². The number of ether oxygens (including phenoxy) is 2. The Morgan fingerprint density at radius 3 is 1.43 bits per heavy atom. The van der Waals surface area contributed by atoms with Crippen LogP contribution in [0, 0.1) is 40.9 Å². The highest BCUT2D eigenvalue weighted by Crippen LogP contribution is 2.50. The third-order valence-corrected chi connectivity index (χ3v) is 18.9. The van der Waals surface area contributed by atoms with E-state index in [1.165, 1.54) is 50.5 Å². The molecule has 18 nitrogen and oxygen atoms in total. The van der Waals surface area contributed by atoms with Gasteiger partial charge in [-0.25, -0.2) is 41.5 Å². The minimum atomic E-state index is -1.23. The van der Waals surface area contributed by atoms with Gasteiger partial charge in [0.05, 0.1) is 46.2 Å². The maximum atomic E-state index is 17.1. The fraction of sp³-hybridized carbons (Fsp3) is 0.508. The predicted octanol–water partition coefficient (Wildman–Crippen LogP) is 10.7. The summed E-state index contributed by atoms with van der Waals surface area (Å²) in [4.78, 5) is 78.7. The Bertz CT molecular complexity index is 3270. The summed E-state index contributed by atoms with van der Waals surface area (Å²) in [5, 5.41) is 20.1. The Morgan fingerprint density at radius 2 is 1.00 bits per heavy atom. The van der Waals surface area contributed by atoms with Crippen LogP contribution in [0.25, 0.3) is 22.1 Å². The zero-order valence-electron chi connectivity index (χ0n) is 46.9. The molecule has 0 spiro atoms. The maximum absolute atomic E-state index is 17.1. The molecule has 0 bridgehead atoms. The number of H-pyrrole nitrogens is 2. The molecule has 23 heteroatoms. The number of fused-ring (bicyclic) bond motifs is 2. The number of nitrogens with zero attached hydrogens (tertiary/aromatic N) is 8. The van der Waals surface area contributed by atoms with Crippen molar-refractivity contribution in [2.24, 2.45) is 11.8 Å². The summed E-state index contributed by atoms with van der Waals surface area (Å²) in [6.07, 6.45) is 3.44. The van der Waals surface area contributed by atoms with Crippen LogP contribution in [0.3, 0.4) is 0 Å². The predicted molar refractivity (Wildman–Crippen MR) is 300 cm³/mol. The number of likely N-dealkylation sites (tertiary alicyclic amines) is 2. The first-order valence-electron chi connectivity index (χ1n) is 29.4. The average Bonchev–Trinajstić information content (AvgIpc) is 2.76. The molecule has 6 aliphatic rings. The van der Waals surface area contributed by atoms with Gasteiger partial charge in [-0.05, 0) is 149 Å². The number of benzene rings is 4. The summed E-state index contributed by atoms with van der Waals surface area (Å²) in [6.45, 7) is 3.00. The van der Waals surface area contributed by atoms with E-state index in [0.29, 0.717) is 151 Å². The molecule has 6 atom stereocenters. The lowest BCUT2D eigenvalue weighted by molar-refractivity contribution is -0.141. The van der Waals surface area contributed by atoms with E-state index in [1.807, 2.05) is 0 Å². The number of amides is 4. The van der Waals surface area contributed by atoms with Gasteiger partial charge in [-0.15, -0.1) is 0 Å². The Hall–Kier alpha value is -7.53. The molecule has 0 radical (unpaired) electrons. The number of rotatable bonds is 13. The molecular formula is C61H69F5N10O8. The Kier molecular flexibility index (Phi) is 15.9. The maximum Gasteiger partial charge on any atom is 0.407 e. The number of carboxylic acid groups (broad SMARTS) is 2. The van der Waals surface area contributed by atoms with Gasteiger partial charge in [-0.1, -0.05) is 12.1 Å². The van der Waals surface area contributed by atoms with E-state index in [2.05, 4.69) is 9.97 Å². The number of hydrogen-bond acceptors (Lipinski definition) is 10. The first-order chi connectivity index (χ1) is 40.5. The summed E-state index contributed by atoms with van der Waals surface area (Å²) in [5.74, 6) is -3.74. The number of piperidine rings is 1. The Labute approximate surface area is 481 Å². The van der Waals surface area contributed by atoms with E-state index >= 15 is 17.6 Å². The lowest BCUT2D eigenvalue weighted by Gasteiger charge is -2.37. The second kappa shape index (κ2) is 23.5. The molecule has 12 rings (SSSR count). The molecule has 6 aliphatic heterocycles. The Balaban J connectivity index is 0.876. The van der Waals surface area contributed by atoms with E-state index in [9.17, 15) is 33.8 Å². The number of anilines is 2. The van der Waals surface area contributed by atoms with Gasteiger partial charge in [0.25, 0.3) is 0 Å². The van der Waals surface area contributed by atoms with Gasteiger partial charge in [-0.3, -0.25) is 19.4 Å². The van der Waals surface area contributed by atoms with Gasteiger partial charge in [0.2, 0.25) is 11.8 Å². The number of aromatic amines is 2. The van der Waals surface area contributed by atoms with Crippen LogP contribution in [0.5, 0.6) is 0 Å². The Morgan fingerprint density at radius 1 is 0.560 bits per heavy atom. The van der Waals surface area contributed by atoms with Crippen LogP contribution >= 0.6 is 0 Å². The molecule has 0 saturated carbocycles. The summed E-state index contributed by atoms with van der Waals surface area (Å²) < 4.78 is 93.0. The standard InChI is InChI=1S/C61H69F5N10O8/c1-71(60(79)80)53(35-15-23-83-24-16-35)58(77)74-19-3-5-51(74)56-67-45-29-39(41(63)31-47(45)69-56)49-11-12-50(76(49)38-27-43(65)55(44(66)28-38)73-21-13-34(14-22-73)33-7-9-37(62)10-8-33)40-30-46-48(32-42(40)64)70-57(68-46)52-6-4-20-75(52)59(78)54(72(2)61(81)82)36-17-25-84-26-18-36/h7-10,27-32,34-36,49-54H,3-6,11-26H2,1-2H3,(H,67,69)(H,68,70)(H,79,80)(H,81,82)/t49-,50-,51+,52+,53+,54+/m1/s1. The van der Waals surface area contributed by atoms with Gasteiger partial charge in [-0.2, -0.15) is 0 Å². The molecule has 84 heavy (non-hydrogen) atoms. The number of carbonyl (C=O) groups is 4. The van der Waals surface area contributed by atoms with Crippen molar-refractivity contribution >= 4 is 57.4 Å². The molecule has 4 N–H and O–H groups in total. The first-order valence-corrected chi connectivity index (χ1v) is 29.4. The molecule has 4 aromatic carbocycles. The summed E-state index contributed by atoms with van der Waals surface area (Å²) in [5.41, 5.74) is 2.42. The normalized spacial score (nSPS) is 22.8. The van der Waals surface area contributed by atoms with Crippen molar-refractivity contribution in [2.45, 2.75) is 119 Å². The van der Waals surface area contributed by atoms with Crippen LogP contribution in [0.15, 0.2) is 60.7 Å². The second-order valence-electron chi connectivity index (χ2n) is 23.6. The van der Waals surface area contributed by atoms with Gasteiger partial charge < -0.3 is 49.3 Å². The number of likely N-dealkylation sites (N-methyl/N-ethyl adjacent to an activating group) is 2. The molecule has 0 unspecified atom stereocenters. The minimum absolute atomic E-state index is 0.0444. The monoisotopic (exact) mass is 1160 g/mol. The van der Waals surface area contributed by atoms with Gasteiger partial charge in [0, 0.05) is 83.5 Å². The fourth-order valence-electron chi connectivity index (χ4n) is 14.6. The van der Waals surface area contributed by atoms with Crippen molar-refractivity contribution in [2.75, 3.05) is 76.5 Å². The van der Waals surface area contributed by atoms with Crippen LogP contribution in [0.4, 0.5) is 42.9 Å². The van der Waals surface area contributed by atoms with Crippen LogP contribution in [0.2, 0.25) is 0 Å². The first kappa shape index (κ1) is 56.9. The summed E-state index contributed by atoms with van der Waals surface area (Å²) in [7, 11) is 2.80. The highest BCUT2D eigenvalue weighted by molar-refractivity contribution is 5.87. The molecular weight excluding hydrogens is 1100 g/mol. The number of carbonyl (C=O) groups excluding carboxylic acids is 2. The van der Waals surface area contributed by atoms with Crippen molar-refractivity contribution in [3.8, 4) is 0 Å². The highest BCUT2D eigenvalue weighted by atomic mass is 19.1. The molecule has 4 amide bonds. The molecule has 6 saturated heterocycles. The van der Waals surface area contributed by atoms with Crippen molar-refractivity contribution in [1.82, 2.24) is 39.5 Å². The quantitative estimate of drug-likeness (QED) is 0.0798. The summed E-state index contributed by atoms with van der Waals surface area (Å²) in [6, 6.07) is 9.58. The van der Waals surface area contributed by atoms with Crippen molar-refractivity contribution in [3.63, 3.8) is 0 Å². The number of nitrogens with one attached hydrogen (secondary N) is 2. The van der Waals surface area contributed by atoms with Crippen molar-refractivity contribution < 1.29 is 60.8 Å².